The van der Waals surface area contributed by atoms with Crippen LogP contribution in [0.4, 0.5) is 13.2 Å². The van der Waals surface area contributed by atoms with Crippen LogP contribution < -0.4 is 0 Å². The Morgan fingerprint density at radius 1 is 1.21 bits per heavy atom. The van der Waals surface area contributed by atoms with Crippen molar-refractivity contribution in [1.82, 2.24) is 0 Å². The second-order valence-electron chi connectivity index (χ2n) is 4.81. The van der Waals surface area contributed by atoms with Crippen LogP contribution in [0.25, 0.3) is 0 Å². The zero-order valence-corrected chi connectivity index (χ0v) is 11.2. The largest absolute Gasteiger partial charge is 0.411 e. The lowest BCUT2D eigenvalue weighted by Gasteiger charge is -2.12. The summed E-state index contributed by atoms with van der Waals surface area (Å²) in [4.78, 5) is 0. The number of ether oxygens (including phenoxy) is 1. The molecule has 19 heavy (non-hydrogen) atoms. The van der Waals surface area contributed by atoms with Gasteiger partial charge in [0.25, 0.3) is 0 Å². The van der Waals surface area contributed by atoms with E-state index in [0.29, 0.717) is 6.42 Å². The molecule has 5 heteroatoms. The smallest absolute Gasteiger partial charge is 0.372 e. The van der Waals surface area contributed by atoms with Crippen molar-refractivity contribution >= 4 is 11.6 Å². The van der Waals surface area contributed by atoms with Crippen molar-refractivity contribution in [3.63, 3.8) is 0 Å². The highest BCUT2D eigenvalue weighted by Gasteiger charge is 2.27. The normalized spacial score (nSPS) is 16.4. The van der Waals surface area contributed by atoms with E-state index in [2.05, 4.69) is 16.9 Å². The first-order chi connectivity index (χ1) is 8.96. The predicted molar refractivity (Wildman–Crippen MR) is 68.6 cm³/mol. The molecule has 1 unspecified atom stereocenters. The van der Waals surface area contributed by atoms with Crippen molar-refractivity contribution in [2.45, 2.75) is 37.2 Å². The summed E-state index contributed by atoms with van der Waals surface area (Å²) in [5.41, 5.74) is 3.65. The van der Waals surface area contributed by atoms with Gasteiger partial charge in [0.15, 0.2) is 0 Å². The second-order valence-corrected chi connectivity index (χ2v) is 5.33. The van der Waals surface area contributed by atoms with Crippen LogP contribution in [0, 0.1) is 0 Å². The molecule has 1 nitrogen and oxygen atoms in total. The molecule has 1 aliphatic carbocycles. The van der Waals surface area contributed by atoms with Crippen LogP contribution in [0.2, 0.25) is 0 Å². The zero-order valence-electron chi connectivity index (χ0n) is 10.5. The van der Waals surface area contributed by atoms with Crippen LogP contribution in [-0.2, 0) is 17.6 Å². The lowest BCUT2D eigenvalue weighted by atomic mass is 10.0. The highest BCUT2D eigenvalue weighted by molar-refractivity contribution is 6.20. The van der Waals surface area contributed by atoms with Crippen molar-refractivity contribution in [2.75, 3.05) is 13.2 Å². The number of hydrogen-bond donors (Lipinski definition) is 0. The van der Waals surface area contributed by atoms with Crippen LogP contribution >= 0.6 is 11.6 Å². The van der Waals surface area contributed by atoms with Gasteiger partial charge < -0.3 is 4.74 Å². The van der Waals surface area contributed by atoms with E-state index in [-0.39, 0.29) is 12.0 Å². The molecule has 0 spiro atoms. The Hall–Kier alpha value is -0.740. The Morgan fingerprint density at radius 2 is 1.95 bits per heavy atom. The van der Waals surface area contributed by atoms with Gasteiger partial charge in [0.1, 0.15) is 6.61 Å². The lowest BCUT2D eigenvalue weighted by molar-refractivity contribution is -0.174. The number of alkyl halides is 4. The minimum atomic E-state index is -4.27. The van der Waals surface area contributed by atoms with Crippen molar-refractivity contribution in [2.24, 2.45) is 0 Å². The van der Waals surface area contributed by atoms with E-state index in [9.17, 15) is 13.2 Å². The maximum absolute atomic E-state index is 11.9. The maximum Gasteiger partial charge on any atom is 0.411 e. The molecule has 0 heterocycles. The molecule has 1 aliphatic rings. The molecule has 0 bridgehead atoms. The first-order valence-electron chi connectivity index (χ1n) is 6.36. The van der Waals surface area contributed by atoms with Gasteiger partial charge in [0, 0.05) is 6.61 Å². The molecule has 1 atom stereocenters. The molecule has 2 rings (SSSR count). The highest BCUT2D eigenvalue weighted by Crippen LogP contribution is 2.30. The maximum atomic E-state index is 11.9. The van der Waals surface area contributed by atoms with E-state index in [1.54, 1.807) is 0 Å². The van der Waals surface area contributed by atoms with Crippen LogP contribution in [0.1, 0.15) is 34.9 Å². The molecule has 0 fully saturated rings. The summed E-state index contributed by atoms with van der Waals surface area (Å²) in [6, 6.07) is 6.11. The summed E-state index contributed by atoms with van der Waals surface area (Å²) in [5.74, 6) is 0. The third-order valence-corrected chi connectivity index (χ3v) is 3.74. The molecule has 0 saturated carbocycles. The molecule has 0 radical (unpaired) electrons. The topological polar surface area (TPSA) is 9.23 Å². The average molecular weight is 293 g/mol. The molecule has 0 saturated heterocycles. The van der Waals surface area contributed by atoms with Gasteiger partial charge in [-0.25, -0.2) is 0 Å². The average Bonchev–Trinajstić information content (AvgIpc) is 2.80. The monoisotopic (exact) mass is 292 g/mol. The number of hydrogen-bond acceptors (Lipinski definition) is 1. The van der Waals surface area contributed by atoms with Crippen molar-refractivity contribution in [3.8, 4) is 0 Å². The van der Waals surface area contributed by atoms with Crippen molar-refractivity contribution in [1.29, 1.82) is 0 Å². The van der Waals surface area contributed by atoms with Gasteiger partial charge in [0.2, 0.25) is 0 Å². The Balaban J connectivity index is 1.81. The van der Waals surface area contributed by atoms with E-state index in [1.165, 1.54) is 17.5 Å². The van der Waals surface area contributed by atoms with Crippen LogP contribution in [-0.4, -0.2) is 19.4 Å². The molecule has 1 aromatic carbocycles. The minimum absolute atomic E-state index is 0.0186. The summed E-state index contributed by atoms with van der Waals surface area (Å²) in [7, 11) is 0. The number of benzene rings is 1. The van der Waals surface area contributed by atoms with Crippen molar-refractivity contribution < 1.29 is 17.9 Å². The van der Waals surface area contributed by atoms with Gasteiger partial charge in [-0.15, -0.1) is 11.6 Å². The quantitative estimate of drug-likeness (QED) is 0.576. The number of halogens is 4. The summed E-state index contributed by atoms with van der Waals surface area (Å²) >= 11 is 6.20. The molecular weight excluding hydrogens is 277 g/mol. The van der Waals surface area contributed by atoms with Gasteiger partial charge in [-0.1, -0.05) is 18.2 Å². The fourth-order valence-electron chi connectivity index (χ4n) is 2.33. The standard InChI is InChI=1S/C14H16ClF3O/c15-13(6-7-19-9-14(16,17)18)12-5-4-10-2-1-3-11(10)8-12/h4-5,8,13H,1-3,6-7,9H2. The molecule has 106 valence electrons. The van der Waals surface area contributed by atoms with Crippen LogP contribution in [0.15, 0.2) is 18.2 Å². The third kappa shape index (κ3) is 4.39. The Kier molecular flexibility index (Phi) is 4.74. The summed E-state index contributed by atoms with van der Waals surface area (Å²) in [6.07, 6.45) is -0.541. The second kappa shape index (κ2) is 6.14. The summed E-state index contributed by atoms with van der Waals surface area (Å²) in [5, 5.41) is -0.292. The third-order valence-electron chi connectivity index (χ3n) is 3.27. The lowest BCUT2D eigenvalue weighted by Crippen LogP contribution is -2.17. The SMILES string of the molecule is FC(F)(F)COCCC(Cl)c1ccc2c(c1)CCC2. The summed E-state index contributed by atoms with van der Waals surface area (Å²) < 4.78 is 40.3. The Bertz CT molecular complexity index is 431. The first kappa shape index (κ1) is 14.7. The van der Waals surface area contributed by atoms with Crippen LogP contribution in [0.3, 0.4) is 0 Å². The molecule has 0 amide bonds. The Morgan fingerprint density at radius 3 is 2.68 bits per heavy atom. The van der Waals surface area contributed by atoms with Gasteiger partial charge in [0.05, 0.1) is 5.38 Å². The van der Waals surface area contributed by atoms with Crippen molar-refractivity contribution in [3.05, 3.63) is 34.9 Å². The predicted octanol–water partition coefficient (Wildman–Crippen LogP) is 4.42. The molecule has 0 aromatic heterocycles. The Labute approximate surface area is 115 Å². The summed E-state index contributed by atoms with van der Waals surface area (Å²) in [6.45, 7) is -1.19. The first-order valence-corrected chi connectivity index (χ1v) is 6.79. The van der Waals surface area contributed by atoms with E-state index < -0.39 is 12.8 Å². The fourth-order valence-corrected chi connectivity index (χ4v) is 2.55. The van der Waals surface area contributed by atoms with E-state index >= 15 is 0 Å². The molecule has 0 aliphatic heterocycles. The number of rotatable bonds is 5. The van der Waals surface area contributed by atoms with Gasteiger partial charge in [-0.2, -0.15) is 13.2 Å². The van der Waals surface area contributed by atoms with E-state index in [4.69, 9.17) is 11.6 Å². The van der Waals surface area contributed by atoms with E-state index in [1.807, 2.05) is 6.07 Å². The number of fused-ring (bicyclic) bond motifs is 1. The molecule has 0 N–H and O–H groups in total. The van der Waals surface area contributed by atoms with Gasteiger partial charge in [-0.05, 0) is 42.4 Å². The minimum Gasteiger partial charge on any atom is -0.372 e. The van der Waals surface area contributed by atoms with Gasteiger partial charge in [-0.3, -0.25) is 0 Å². The zero-order chi connectivity index (χ0) is 13.9. The molecule has 1 aromatic rings. The van der Waals surface area contributed by atoms with Crippen LogP contribution in [0.5, 0.6) is 0 Å². The van der Waals surface area contributed by atoms with Gasteiger partial charge >= 0.3 is 6.18 Å². The highest BCUT2D eigenvalue weighted by atomic mass is 35.5. The number of aryl methyl sites for hydroxylation is 2. The van der Waals surface area contributed by atoms with E-state index in [0.717, 1.165) is 18.4 Å². The fraction of sp³-hybridized carbons (Fsp3) is 0.571. The molecular formula is C14H16ClF3O.